The van der Waals surface area contributed by atoms with Gasteiger partial charge in [-0.25, -0.2) is 0 Å². The third kappa shape index (κ3) is 3.71. The number of nitrogens with zero attached hydrogens (tertiary/aromatic N) is 4. The first-order valence-corrected chi connectivity index (χ1v) is 6.83. The Balaban J connectivity index is 1.71. The van der Waals surface area contributed by atoms with Gasteiger partial charge in [-0.15, -0.1) is 0 Å². The Bertz CT molecular complexity index is 352. The molecule has 1 fully saturated rings. The lowest BCUT2D eigenvalue weighted by molar-refractivity contribution is 0.174. The molecule has 0 aromatic carbocycles. The predicted molar refractivity (Wildman–Crippen MR) is 74.5 cm³/mol. The van der Waals surface area contributed by atoms with Crippen molar-refractivity contribution in [1.82, 2.24) is 19.6 Å². The zero-order valence-corrected chi connectivity index (χ0v) is 11.5. The lowest BCUT2D eigenvalue weighted by Gasteiger charge is -2.32. The Labute approximate surface area is 110 Å². The van der Waals surface area contributed by atoms with E-state index in [2.05, 4.69) is 29.0 Å². The third-order valence-electron chi connectivity index (χ3n) is 3.64. The maximum absolute atomic E-state index is 5.66. The molecule has 0 aliphatic carbocycles. The highest BCUT2D eigenvalue weighted by molar-refractivity contribution is 5.24. The number of likely N-dealkylation sites (tertiary alicyclic amines) is 1. The van der Waals surface area contributed by atoms with E-state index in [1.807, 2.05) is 16.9 Å². The molecule has 1 aromatic rings. The molecular formula is C13H25N5. The van der Waals surface area contributed by atoms with E-state index >= 15 is 0 Å². The molecule has 0 saturated carbocycles. The summed E-state index contributed by atoms with van der Waals surface area (Å²) in [4.78, 5) is 4.81. The Morgan fingerprint density at radius 3 is 2.67 bits per heavy atom. The van der Waals surface area contributed by atoms with Gasteiger partial charge in [0, 0.05) is 19.3 Å². The van der Waals surface area contributed by atoms with Gasteiger partial charge in [0.25, 0.3) is 0 Å². The average molecular weight is 251 g/mol. The molecule has 0 spiro atoms. The van der Waals surface area contributed by atoms with E-state index in [4.69, 9.17) is 5.73 Å². The van der Waals surface area contributed by atoms with Gasteiger partial charge >= 0.3 is 0 Å². The Morgan fingerprint density at radius 1 is 1.39 bits per heavy atom. The fourth-order valence-corrected chi connectivity index (χ4v) is 2.57. The van der Waals surface area contributed by atoms with Crippen LogP contribution in [0.25, 0.3) is 0 Å². The zero-order valence-electron chi connectivity index (χ0n) is 11.5. The topological polar surface area (TPSA) is 50.3 Å². The molecule has 1 aliphatic rings. The maximum atomic E-state index is 5.66. The molecule has 2 rings (SSSR count). The van der Waals surface area contributed by atoms with Gasteiger partial charge in [-0.2, -0.15) is 5.10 Å². The first-order chi connectivity index (χ1) is 8.65. The van der Waals surface area contributed by atoms with Crippen LogP contribution >= 0.6 is 0 Å². The Kier molecular flexibility index (Phi) is 4.60. The quantitative estimate of drug-likeness (QED) is 0.850. The maximum Gasteiger partial charge on any atom is 0.145 e. The predicted octanol–water partition coefficient (Wildman–Crippen LogP) is 1.05. The minimum Gasteiger partial charge on any atom is -0.382 e. The standard InChI is InChI=1S/C13H25N5/c1-16(2)7-3-8-17-9-4-12(5-10-17)18-11-6-13(14)15-18/h6,11-12H,3-5,7-10H2,1-2H3,(H2,14,15). The molecule has 1 saturated heterocycles. The van der Waals surface area contributed by atoms with Crippen LogP contribution in [0.3, 0.4) is 0 Å². The number of anilines is 1. The molecule has 0 amide bonds. The van der Waals surface area contributed by atoms with E-state index in [1.54, 1.807) is 0 Å². The van der Waals surface area contributed by atoms with Crippen LogP contribution in [0.4, 0.5) is 5.82 Å². The van der Waals surface area contributed by atoms with Crippen molar-refractivity contribution in [1.29, 1.82) is 0 Å². The number of aromatic nitrogens is 2. The number of rotatable bonds is 5. The molecular weight excluding hydrogens is 226 g/mol. The Hall–Kier alpha value is -1.07. The summed E-state index contributed by atoms with van der Waals surface area (Å²) in [5.74, 6) is 0.628. The summed E-state index contributed by atoms with van der Waals surface area (Å²) < 4.78 is 2.03. The summed E-state index contributed by atoms with van der Waals surface area (Å²) in [5, 5.41) is 4.31. The fraction of sp³-hybridized carbons (Fsp3) is 0.769. The number of piperidine rings is 1. The van der Waals surface area contributed by atoms with Crippen molar-refractivity contribution in [3.05, 3.63) is 12.3 Å². The van der Waals surface area contributed by atoms with E-state index in [0.29, 0.717) is 11.9 Å². The van der Waals surface area contributed by atoms with Crippen molar-refractivity contribution in [2.24, 2.45) is 0 Å². The van der Waals surface area contributed by atoms with Gasteiger partial charge in [0.1, 0.15) is 5.82 Å². The van der Waals surface area contributed by atoms with Crippen LogP contribution in [0, 0.1) is 0 Å². The van der Waals surface area contributed by atoms with E-state index in [-0.39, 0.29) is 0 Å². The van der Waals surface area contributed by atoms with Gasteiger partial charge in [0.05, 0.1) is 6.04 Å². The van der Waals surface area contributed by atoms with Crippen molar-refractivity contribution in [2.75, 3.05) is 46.0 Å². The van der Waals surface area contributed by atoms with Crippen LogP contribution in [0.1, 0.15) is 25.3 Å². The molecule has 0 radical (unpaired) electrons. The normalized spacial score (nSPS) is 18.6. The van der Waals surface area contributed by atoms with Crippen molar-refractivity contribution >= 4 is 5.82 Å². The van der Waals surface area contributed by atoms with E-state index in [0.717, 1.165) is 0 Å². The smallest absolute Gasteiger partial charge is 0.145 e. The summed E-state index contributed by atoms with van der Waals surface area (Å²) in [6.45, 7) is 4.75. The second-order valence-corrected chi connectivity index (χ2v) is 5.45. The minimum absolute atomic E-state index is 0.535. The lowest BCUT2D eigenvalue weighted by Crippen LogP contribution is -2.36. The van der Waals surface area contributed by atoms with Crippen LogP contribution in [-0.2, 0) is 0 Å². The van der Waals surface area contributed by atoms with Crippen molar-refractivity contribution in [3.8, 4) is 0 Å². The number of hydrogen-bond acceptors (Lipinski definition) is 4. The largest absolute Gasteiger partial charge is 0.382 e. The number of nitrogens with two attached hydrogens (primary N) is 1. The summed E-state index contributed by atoms with van der Waals surface area (Å²) in [6.07, 6.45) is 5.63. The van der Waals surface area contributed by atoms with E-state index in [1.165, 1.54) is 45.4 Å². The monoisotopic (exact) mass is 251 g/mol. The van der Waals surface area contributed by atoms with E-state index in [9.17, 15) is 0 Å². The SMILES string of the molecule is CN(C)CCCN1CCC(n2ccc(N)n2)CC1. The minimum atomic E-state index is 0.535. The molecule has 2 N–H and O–H groups in total. The third-order valence-corrected chi connectivity index (χ3v) is 3.64. The molecule has 5 heteroatoms. The first kappa shape index (κ1) is 13.4. The van der Waals surface area contributed by atoms with Crippen LogP contribution in [0.2, 0.25) is 0 Å². The number of nitrogen functional groups attached to an aromatic ring is 1. The number of hydrogen-bond donors (Lipinski definition) is 1. The molecule has 1 aromatic heterocycles. The molecule has 18 heavy (non-hydrogen) atoms. The Morgan fingerprint density at radius 2 is 2.11 bits per heavy atom. The summed E-state index contributed by atoms with van der Waals surface area (Å²) in [7, 11) is 4.27. The summed E-state index contributed by atoms with van der Waals surface area (Å²) >= 11 is 0. The molecule has 102 valence electrons. The van der Waals surface area contributed by atoms with E-state index < -0.39 is 0 Å². The fourth-order valence-electron chi connectivity index (χ4n) is 2.57. The summed E-state index contributed by atoms with van der Waals surface area (Å²) in [6, 6.07) is 2.41. The van der Waals surface area contributed by atoms with Crippen LogP contribution < -0.4 is 5.73 Å². The van der Waals surface area contributed by atoms with Crippen LogP contribution in [0.5, 0.6) is 0 Å². The molecule has 0 bridgehead atoms. The van der Waals surface area contributed by atoms with Crippen molar-refractivity contribution < 1.29 is 0 Å². The second-order valence-electron chi connectivity index (χ2n) is 5.45. The van der Waals surface area contributed by atoms with Crippen LogP contribution in [0.15, 0.2) is 12.3 Å². The van der Waals surface area contributed by atoms with Gasteiger partial charge < -0.3 is 15.5 Å². The molecule has 0 atom stereocenters. The van der Waals surface area contributed by atoms with Gasteiger partial charge in [0.15, 0.2) is 0 Å². The van der Waals surface area contributed by atoms with Gasteiger partial charge in [-0.1, -0.05) is 0 Å². The highest BCUT2D eigenvalue weighted by atomic mass is 15.3. The molecule has 2 heterocycles. The lowest BCUT2D eigenvalue weighted by atomic mass is 10.1. The van der Waals surface area contributed by atoms with Gasteiger partial charge in [-0.3, -0.25) is 4.68 Å². The highest BCUT2D eigenvalue weighted by Gasteiger charge is 2.20. The second kappa shape index (κ2) is 6.20. The highest BCUT2D eigenvalue weighted by Crippen LogP contribution is 2.22. The van der Waals surface area contributed by atoms with Crippen molar-refractivity contribution in [3.63, 3.8) is 0 Å². The molecule has 5 nitrogen and oxygen atoms in total. The van der Waals surface area contributed by atoms with Gasteiger partial charge in [0.2, 0.25) is 0 Å². The van der Waals surface area contributed by atoms with Gasteiger partial charge in [-0.05, 0) is 52.5 Å². The first-order valence-electron chi connectivity index (χ1n) is 6.83. The average Bonchev–Trinajstić information content (AvgIpc) is 2.76. The summed E-state index contributed by atoms with van der Waals surface area (Å²) in [5.41, 5.74) is 5.66. The molecule has 1 aliphatic heterocycles. The zero-order chi connectivity index (χ0) is 13.0. The van der Waals surface area contributed by atoms with Crippen LogP contribution in [-0.4, -0.2) is 59.9 Å². The molecule has 0 unspecified atom stereocenters. The van der Waals surface area contributed by atoms with Crippen molar-refractivity contribution in [2.45, 2.75) is 25.3 Å².